The number of likely N-dealkylation sites (N-methyl/N-ethyl adjacent to an activating group) is 1. The second kappa shape index (κ2) is 6.67. The Labute approximate surface area is 126 Å². The van der Waals surface area contributed by atoms with Gasteiger partial charge in [-0.15, -0.1) is 0 Å². The molecular weight excluding hydrogens is 296 g/mol. The molecule has 0 aromatic rings. The monoisotopic (exact) mass is 313 g/mol. The molecule has 120 valence electrons. The zero-order chi connectivity index (χ0) is 16.3. The molecular formula is C14H17F2N3O3. The largest absolute Gasteiger partial charge is 0.383 e. The molecule has 1 aliphatic heterocycles. The highest BCUT2D eigenvalue weighted by Crippen LogP contribution is 2.26. The number of amides is 3. The van der Waals surface area contributed by atoms with Crippen molar-refractivity contribution >= 4 is 17.7 Å². The van der Waals surface area contributed by atoms with Crippen LogP contribution in [0.5, 0.6) is 0 Å². The Morgan fingerprint density at radius 1 is 1.45 bits per heavy atom. The molecule has 0 radical (unpaired) electrons. The standard InChI is InChI=1S/C14H17F2N3O3/c1-2-17-12-8(5-7(15)6-9(12)16)13(21)18-10-3-4-11(20)19-14(10)22/h5,7,10,17H,2-4,6H2,1H3,(H,18,21)(H,19,20,22). The molecule has 6 nitrogen and oxygen atoms in total. The number of alkyl halides is 1. The van der Waals surface area contributed by atoms with Gasteiger partial charge in [0.1, 0.15) is 18.0 Å². The van der Waals surface area contributed by atoms with E-state index in [0.29, 0.717) is 6.54 Å². The molecule has 1 aliphatic carbocycles. The van der Waals surface area contributed by atoms with Crippen molar-refractivity contribution in [3.05, 3.63) is 23.2 Å². The van der Waals surface area contributed by atoms with Gasteiger partial charge in [0, 0.05) is 19.4 Å². The molecule has 1 heterocycles. The number of halogens is 2. The minimum absolute atomic E-state index is 0.0545. The van der Waals surface area contributed by atoms with Gasteiger partial charge >= 0.3 is 0 Å². The molecule has 2 unspecified atom stereocenters. The van der Waals surface area contributed by atoms with E-state index < -0.39 is 42.2 Å². The molecule has 0 bridgehead atoms. The van der Waals surface area contributed by atoms with E-state index in [0.717, 1.165) is 6.08 Å². The van der Waals surface area contributed by atoms with Gasteiger partial charge in [0.15, 0.2) is 0 Å². The molecule has 2 rings (SSSR count). The number of nitrogens with one attached hydrogen (secondary N) is 3. The van der Waals surface area contributed by atoms with Crippen LogP contribution in [0.4, 0.5) is 8.78 Å². The molecule has 22 heavy (non-hydrogen) atoms. The normalized spacial score (nSPS) is 25.5. The van der Waals surface area contributed by atoms with Crippen molar-refractivity contribution in [1.82, 2.24) is 16.0 Å². The summed E-state index contributed by atoms with van der Waals surface area (Å²) in [5.41, 5.74) is -0.219. The molecule has 2 aliphatic rings. The molecule has 3 amide bonds. The lowest BCUT2D eigenvalue weighted by Gasteiger charge is -2.25. The Bertz CT molecular complexity index is 572. The topological polar surface area (TPSA) is 87.3 Å². The number of hydrogen-bond acceptors (Lipinski definition) is 4. The molecule has 2 atom stereocenters. The summed E-state index contributed by atoms with van der Waals surface area (Å²) in [6.45, 7) is 2.08. The molecule has 0 saturated carbocycles. The summed E-state index contributed by atoms with van der Waals surface area (Å²) in [5, 5.41) is 7.21. The minimum Gasteiger partial charge on any atom is -0.383 e. The number of allylic oxidation sites excluding steroid dienone is 2. The third-order valence-corrected chi connectivity index (χ3v) is 3.41. The summed E-state index contributed by atoms with van der Waals surface area (Å²) < 4.78 is 27.3. The Hall–Kier alpha value is -2.25. The lowest BCUT2D eigenvalue weighted by Crippen LogP contribution is -2.52. The number of piperidine rings is 1. The average molecular weight is 313 g/mol. The van der Waals surface area contributed by atoms with Crippen LogP contribution in [0.1, 0.15) is 26.2 Å². The number of carbonyl (C=O) groups excluding carboxylic acids is 3. The fourth-order valence-electron chi connectivity index (χ4n) is 2.37. The maximum absolute atomic E-state index is 13.8. The van der Waals surface area contributed by atoms with Crippen LogP contribution in [-0.2, 0) is 14.4 Å². The lowest BCUT2D eigenvalue weighted by atomic mass is 9.99. The van der Waals surface area contributed by atoms with Crippen molar-refractivity contribution in [2.24, 2.45) is 0 Å². The van der Waals surface area contributed by atoms with E-state index in [4.69, 9.17) is 0 Å². The summed E-state index contributed by atoms with van der Waals surface area (Å²) >= 11 is 0. The Kier molecular flexibility index (Phi) is 4.89. The molecule has 1 saturated heterocycles. The van der Waals surface area contributed by atoms with E-state index in [2.05, 4.69) is 16.0 Å². The first-order chi connectivity index (χ1) is 10.4. The minimum atomic E-state index is -1.59. The van der Waals surface area contributed by atoms with Crippen LogP contribution < -0.4 is 16.0 Å². The van der Waals surface area contributed by atoms with Crippen LogP contribution in [0.15, 0.2) is 23.2 Å². The van der Waals surface area contributed by atoms with Gasteiger partial charge in [-0.05, 0) is 19.4 Å². The summed E-state index contributed by atoms with van der Waals surface area (Å²) in [5.74, 6) is -2.50. The van der Waals surface area contributed by atoms with Crippen molar-refractivity contribution in [3.63, 3.8) is 0 Å². The zero-order valence-electron chi connectivity index (χ0n) is 12.0. The second-order valence-corrected chi connectivity index (χ2v) is 5.09. The summed E-state index contributed by atoms with van der Waals surface area (Å²) in [4.78, 5) is 34.9. The molecule has 0 aromatic heterocycles. The predicted molar refractivity (Wildman–Crippen MR) is 73.7 cm³/mol. The van der Waals surface area contributed by atoms with Gasteiger partial charge in [0.25, 0.3) is 5.91 Å². The van der Waals surface area contributed by atoms with E-state index in [1.807, 2.05) is 0 Å². The number of hydrogen-bond donors (Lipinski definition) is 3. The highest BCUT2D eigenvalue weighted by molar-refractivity contribution is 6.04. The third-order valence-electron chi connectivity index (χ3n) is 3.41. The maximum Gasteiger partial charge on any atom is 0.253 e. The Morgan fingerprint density at radius 2 is 2.18 bits per heavy atom. The SMILES string of the molecule is CCNC1=C(F)CC(F)C=C1C(=O)NC1CCC(=O)NC1=O. The lowest BCUT2D eigenvalue weighted by molar-refractivity contribution is -0.136. The maximum atomic E-state index is 13.8. The number of carbonyl (C=O) groups is 3. The highest BCUT2D eigenvalue weighted by atomic mass is 19.1. The third kappa shape index (κ3) is 3.49. The van der Waals surface area contributed by atoms with Crippen molar-refractivity contribution in [2.45, 2.75) is 38.4 Å². The molecule has 8 heteroatoms. The second-order valence-electron chi connectivity index (χ2n) is 5.09. The van der Waals surface area contributed by atoms with Crippen molar-refractivity contribution in [2.75, 3.05) is 6.54 Å². The number of imide groups is 1. The fourth-order valence-corrected chi connectivity index (χ4v) is 2.37. The van der Waals surface area contributed by atoms with Gasteiger partial charge in [-0.2, -0.15) is 0 Å². The smallest absolute Gasteiger partial charge is 0.253 e. The van der Waals surface area contributed by atoms with E-state index in [1.54, 1.807) is 6.92 Å². The van der Waals surface area contributed by atoms with Crippen LogP contribution in [0.3, 0.4) is 0 Å². The summed E-state index contributed by atoms with van der Waals surface area (Å²) in [6.07, 6.45) is -0.721. The van der Waals surface area contributed by atoms with Crippen LogP contribution in [-0.4, -0.2) is 36.5 Å². The van der Waals surface area contributed by atoms with E-state index in [9.17, 15) is 23.2 Å². The van der Waals surface area contributed by atoms with Crippen molar-refractivity contribution in [3.8, 4) is 0 Å². The Balaban J connectivity index is 2.13. The summed E-state index contributed by atoms with van der Waals surface area (Å²) in [7, 11) is 0. The van der Waals surface area contributed by atoms with Gasteiger partial charge in [0.2, 0.25) is 11.8 Å². The van der Waals surface area contributed by atoms with E-state index in [1.165, 1.54) is 0 Å². The molecule has 1 fully saturated rings. The molecule has 0 spiro atoms. The van der Waals surface area contributed by atoms with Gasteiger partial charge in [-0.3, -0.25) is 19.7 Å². The quantitative estimate of drug-likeness (QED) is 0.654. The average Bonchev–Trinajstić information content (AvgIpc) is 2.44. The van der Waals surface area contributed by atoms with Gasteiger partial charge in [-0.1, -0.05) is 0 Å². The van der Waals surface area contributed by atoms with E-state index >= 15 is 0 Å². The Morgan fingerprint density at radius 3 is 2.82 bits per heavy atom. The van der Waals surface area contributed by atoms with Crippen LogP contribution in [0.25, 0.3) is 0 Å². The summed E-state index contributed by atoms with van der Waals surface area (Å²) in [6, 6.07) is -0.892. The number of rotatable bonds is 4. The first kappa shape index (κ1) is 16.1. The molecule has 0 aromatic carbocycles. The first-order valence-corrected chi connectivity index (χ1v) is 7.05. The van der Waals surface area contributed by atoms with Crippen LogP contribution >= 0.6 is 0 Å². The molecule has 3 N–H and O–H groups in total. The van der Waals surface area contributed by atoms with Gasteiger partial charge < -0.3 is 10.6 Å². The zero-order valence-corrected chi connectivity index (χ0v) is 12.0. The van der Waals surface area contributed by atoms with E-state index in [-0.39, 0.29) is 24.1 Å². The fraction of sp³-hybridized carbons (Fsp3) is 0.500. The van der Waals surface area contributed by atoms with Gasteiger partial charge in [0.05, 0.1) is 11.3 Å². The van der Waals surface area contributed by atoms with Crippen LogP contribution in [0.2, 0.25) is 0 Å². The predicted octanol–water partition coefficient (Wildman–Crippen LogP) is 0.367. The van der Waals surface area contributed by atoms with Gasteiger partial charge in [-0.25, -0.2) is 8.78 Å². The van der Waals surface area contributed by atoms with Crippen molar-refractivity contribution in [1.29, 1.82) is 0 Å². The first-order valence-electron chi connectivity index (χ1n) is 7.05. The van der Waals surface area contributed by atoms with Crippen LogP contribution in [0, 0.1) is 0 Å². The van der Waals surface area contributed by atoms with Crippen molar-refractivity contribution < 1.29 is 23.2 Å². The highest BCUT2D eigenvalue weighted by Gasteiger charge is 2.31.